The number of amides is 1. The van der Waals surface area contributed by atoms with E-state index in [0.717, 1.165) is 16.9 Å². The summed E-state index contributed by atoms with van der Waals surface area (Å²) in [7, 11) is 1.62. The lowest BCUT2D eigenvalue weighted by atomic mass is 10.1. The lowest BCUT2D eigenvalue weighted by Gasteiger charge is -2.01. The van der Waals surface area contributed by atoms with Crippen molar-refractivity contribution in [2.45, 2.75) is 13.3 Å². The minimum Gasteiger partial charge on any atom is -0.497 e. The molecule has 0 atom stereocenters. The third-order valence-electron chi connectivity index (χ3n) is 3.52. The van der Waals surface area contributed by atoms with Gasteiger partial charge in [0.05, 0.1) is 13.5 Å². The van der Waals surface area contributed by atoms with E-state index in [1.807, 2.05) is 43.3 Å². The Labute approximate surface area is 139 Å². The van der Waals surface area contributed by atoms with E-state index in [9.17, 15) is 4.79 Å². The highest BCUT2D eigenvalue weighted by atomic mass is 16.5. The molecule has 0 bridgehead atoms. The van der Waals surface area contributed by atoms with Crippen LogP contribution in [-0.2, 0) is 6.42 Å². The second-order valence-electron chi connectivity index (χ2n) is 5.35. The Morgan fingerprint density at radius 2 is 1.79 bits per heavy atom. The Morgan fingerprint density at radius 1 is 1.08 bits per heavy atom. The van der Waals surface area contributed by atoms with E-state index in [2.05, 4.69) is 15.5 Å². The van der Waals surface area contributed by atoms with Gasteiger partial charge in [0.1, 0.15) is 5.75 Å². The van der Waals surface area contributed by atoms with Gasteiger partial charge in [-0.3, -0.25) is 10.1 Å². The van der Waals surface area contributed by atoms with Crippen molar-refractivity contribution in [3.05, 3.63) is 71.1 Å². The number of carbonyl (C=O) groups is 1. The molecule has 3 rings (SSSR count). The van der Waals surface area contributed by atoms with Crippen LogP contribution < -0.4 is 10.1 Å². The molecule has 6 heteroatoms. The number of aromatic nitrogens is 2. The zero-order valence-corrected chi connectivity index (χ0v) is 13.4. The molecule has 2 aromatic carbocycles. The summed E-state index contributed by atoms with van der Waals surface area (Å²) in [6, 6.07) is 14.9. The smallest absolute Gasteiger partial charge is 0.322 e. The summed E-state index contributed by atoms with van der Waals surface area (Å²) in [5, 5.41) is 10.4. The third kappa shape index (κ3) is 3.78. The summed E-state index contributed by atoms with van der Waals surface area (Å²) >= 11 is 0. The number of nitrogens with one attached hydrogen (secondary N) is 1. The predicted molar refractivity (Wildman–Crippen MR) is 89.2 cm³/mol. The Hall–Kier alpha value is -3.15. The zero-order valence-electron chi connectivity index (χ0n) is 13.4. The number of hydrogen-bond donors (Lipinski definition) is 1. The van der Waals surface area contributed by atoms with Gasteiger partial charge < -0.3 is 9.15 Å². The molecule has 1 amide bonds. The van der Waals surface area contributed by atoms with Crippen molar-refractivity contribution in [1.29, 1.82) is 0 Å². The molecule has 1 aromatic heterocycles. The maximum absolute atomic E-state index is 12.1. The molecule has 6 nitrogen and oxygen atoms in total. The Bertz CT molecular complexity index is 823. The molecule has 0 saturated carbocycles. The minimum atomic E-state index is -0.283. The van der Waals surface area contributed by atoms with Gasteiger partial charge in [0.25, 0.3) is 5.91 Å². The van der Waals surface area contributed by atoms with Crippen molar-refractivity contribution < 1.29 is 13.9 Å². The molecule has 0 aliphatic carbocycles. The fraction of sp³-hybridized carbons (Fsp3) is 0.167. The fourth-order valence-corrected chi connectivity index (χ4v) is 2.17. The summed E-state index contributed by atoms with van der Waals surface area (Å²) in [4.78, 5) is 12.1. The van der Waals surface area contributed by atoms with Crippen LogP contribution in [0, 0.1) is 6.92 Å². The maximum atomic E-state index is 12.1. The highest BCUT2D eigenvalue weighted by Gasteiger charge is 2.12. The summed E-state index contributed by atoms with van der Waals surface area (Å²) in [6.07, 6.45) is 0.484. The van der Waals surface area contributed by atoms with Crippen LogP contribution in [0.3, 0.4) is 0 Å². The van der Waals surface area contributed by atoms with Crippen LogP contribution in [-0.4, -0.2) is 23.2 Å². The largest absolute Gasteiger partial charge is 0.497 e. The summed E-state index contributed by atoms with van der Waals surface area (Å²) in [6.45, 7) is 1.96. The standard InChI is InChI=1S/C18H17N3O3/c1-12-3-7-14(8-4-12)17(22)19-18-21-20-16(24-18)11-13-5-9-15(23-2)10-6-13/h3-10H,11H2,1-2H3,(H,19,21,22). The molecule has 0 radical (unpaired) electrons. The van der Waals surface area contributed by atoms with Gasteiger partial charge in [-0.25, -0.2) is 0 Å². The first-order valence-corrected chi connectivity index (χ1v) is 7.47. The molecule has 0 aliphatic rings. The molecule has 24 heavy (non-hydrogen) atoms. The van der Waals surface area contributed by atoms with Crippen LogP contribution in [0.1, 0.15) is 27.4 Å². The first-order chi connectivity index (χ1) is 11.6. The van der Waals surface area contributed by atoms with E-state index in [0.29, 0.717) is 17.9 Å². The number of anilines is 1. The fourth-order valence-electron chi connectivity index (χ4n) is 2.17. The van der Waals surface area contributed by atoms with Crippen molar-refractivity contribution in [2.24, 2.45) is 0 Å². The van der Waals surface area contributed by atoms with Crippen LogP contribution in [0.5, 0.6) is 5.75 Å². The molecule has 122 valence electrons. The lowest BCUT2D eigenvalue weighted by molar-refractivity contribution is 0.102. The molecule has 0 spiro atoms. The normalized spacial score (nSPS) is 10.4. The van der Waals surface area contributed by atoms with E-state index >= 15 is 0 Å². The molecule has 3 aromatic rings. The minimum absolute atomic E-state index is 0.0871. The molecule has 0 aliphatic heterocycles. The van der Waals surface area contributed by atoms with E-state index in [1.165, 1.54) is 0 Å². The average molecular weight is 323 g/mol. The second-order valence-corrected chi connectivity index (χ2v) is 5.35. The Kier molecular flexibility index (Phi) is 4.56. The first-order valence-electron chi connectivity index (χ1n) is 7.47. The molecular weight excluding hydrogens is 306 g/mol. The van der Waals surface area contributed by atoms with Crippen LogP contribution in [0.25, 0.3) is 0 Å². The lowest BCUT2D eigenvalue weighted by Crippen LogP contribution is -2.11. The average Bonchev–Trinajstić information content (AvgIpc) is 3.03. The van der Waals surface area contributed by atoms with Gasteiger partial charge in [-0.15, -0.1) is 5.10 Å². The van der Waals surface area contributed by atoms with E-state index in [1.54, 1.807) is 19.2 Å². The molecular formula is C18H17N3O3. The maximum Gasteiger partial charge on any atom is 0.322 e. The van der Waals surface area contributed by atoms with Gasteiger partial charge >= 0.3 is 6.01 Å². The number of hydrogen-bond acceptors (Lipinski definition) is 5. The van der Waals surface area contributed by atoms with Gasteiger partial charge in [0.15, 0.2) is 0 Å². The van der Waals surface area contributed by atoms with Crippen LogP contribution >= 0.6 is 0 Å². The summed E-state index contributed by atoms with van der Waals surface area (Å²) in [5.74, 6) is 0.935. The van der Waals surface area contributed by atoms with Gasteiger partial charge in [0.2, 0.25) is 5.89 Å². The quantitative estimate of drug-likeness (QED) is 0.780. The highest BCUT2D eigenvalue weighted by Crippen LogP contribution is 2.16. The highest BCUT2D eigenvalue weighted by molar-refractivity contribution is 6.03. The van der Waals surface area contributed by atoms with Crippen LogP contribution in [0.15, 0.2) is 52.9 Å². The number of aryl methyl sites for hydroxylation is 1. The number of benzene rings is 2. The van der Waals surface area contributed by atoms with Crippen molar-refractivity contribution in [2.75, 3.05) is 12.4 Å². The van der Waals surface area contributed by atoms with Crippen LogP contribution in [0.4, 0.5) is 6.01 Å². The number of methoxy groups -OCH3 is 1. The topological polar surface area (TPSA) is 77.3 Å². The van der Waals surface area contributed by atoms with Gasteiger partial charge in [0, 0.05) is 5.56 Å². The number of nitrogens with zero attached hydrogens (tertiary/aromatic N) is 2. The molecule has 0 saturated heterocycles. The van der Waals surface area contributed by atoms with Crippen molar-refractivity contribution >= 4 is 11.9 Å². The van der Waals surface area contributed by atoms with Crippen LogP contribution in [0.2, 0.25) is 0 Å². The Morgan fingerprint density at radius 3 is 2.46 bits per heavy atom. The zero-order chi connectivity index (χ0) is 16.9. The van der Waals surface area contributed by atoms with Crippen molar-refractivity contribution in [3.63, 3.8) is 0 Å². The number of rotatable bonds is 5. The van der Waals surface area contributed by atoms with Gasteiger partial charge in [-0.1, -0.05) is 34.9 Å². The van der Waals surface area contributed by atoms with Gasteiger partial charge in [-0.05, 0) is 36.8 Å². The third-order valence-corrected chi connectivity index (χ3v) is 3.52. The Balaban J connectivity index is 1.64. The van der Waals surface area contributed by atoms with E-state index in [4.69, 9.17) is 9.15 Å². The number of ether oxygens (including phenoxy) is 1. The van der Waals surface area contributed by atoms with Crippen molar-refractivity contribution in [1.82, 2.24) is 10.2 Å². The molecule has 0 fully saturated rings. The summed E-state index contributed by atoms with van der Waals surface area (Å²) < 4.78 is 10.6. The molecule has 1 heterocycles. The first kappa shape index (κ1) is 15.7. The van der Waals surface area contributed by atoms with E-state index in [-0.39, 0.29) is 11.9 Å². The monoisotopic (exact) mass is 323 g/mol. The van der Waals surface area contributed by atoms with Crippen molar-refractivity contribution in [3.8, 4) is 5.75 Å². The van der Waals surface area contributed by atoms with E-state index < -0.39 is 0 Å². The molecule has 1 N–H and O–H groups in total. The molecule has 0 unspecified atom stereocenters. The predicted octanol–water partition coefficient (Wildman–Crippen LogP) is 3.23. The number of carbonyl (C=O) groups excluding carboxylic acids is 1. The van der Waals surface area contributed by atoms with Gasteiger partial charge in [-0.2, -0.15) is 0 Å². The summed E-state index contributed by atoms with van der Waals surface area (Å²) in [5.41, 5.74) is 2.64. The second kappa shape index (κ2) is 6.95. The SMILES string of the molecule is COc1ccc(Cc2nnc(NC(=O)c3ccc(C)cc3)o2)cc1.